The number of fused-ring (bicyclic) bond motifs is 1. The van der Waals surface area contributed by atoms with E-state index >= 15 is 0 Å². The predicted octanol–water partition coefficient (Wildman–Crippen LogP) is 3.40. The van der Waals surface area contributed by atoms with Gasteiger partial charge in [0.2, 0.25) is 0 Å². The fraction of sp³-hybridized carbons (Fsp3) is 0.211. The molecule has 0 saturated carbocycles. The third-order valence-corrected chi connectivity index (χ3v) is 3.80. The summed E-state index contributed by atoms with van der Waals surface area (Å²) in [7, 11) is 0. The number of benzene rings is 2. The van der Waals surface area contributed by atoms with Crippen LogP contribution in [-0.2, 0) is 45.7 Å². The summed E-state index contributed by atoms with van der Waals surface area (Å²) >= 11 is 0. The molecule has 0 unspecified atom stereocenters. The van der Waals surface area contributed by atoms with Crippen molar-refractivity contribution >= 4 is 11.9 Å². The van der Waals surface area contributed by atoms with E-state index in [1.54, 1.807) is 6.08 Å². The third kappa shape index (κ3) is 4.84. The molecule has 3 rings (SSSR count). The van der Waals surface area contributed by atoms with Crippen molar-refractivity contribution in [1.82, 2.24) is 0 Å². The Balaban J connectivity index is 0.00000132. The number of carbonyl (C=O) groups is 1. The first kappa shape index (κ1) is 19.8. The maximum Gasteiger partial charge on any atom is 0.163 e. The minimum Gasteiger partial charge on any atom is -0.489 e. The van der Waals surface area contributed by atoms with Crippen molar-refractivity contribution in [2.45, 2.75) is 25.9 Å². The SMILES string of the molecule is O.[CH-]=Cc1ccc(COc2ccc3c(c2)CCCC3=O)cc1.[Y]. The summed E-state index contributed by atoms with van der Waals surface area (Å²) in [6.45, 7) is 5.97. The van der Waals surface area contributed by atoms with Crippen LogP contribution in [0.25, 0.3) is 6.08 Å². The Morgan fingerprint density at radius 3 is 2.52 bits per heavy atom. The third-order valence-electron chi connectivity index (χ3n) is 3.80. The van der Waals surface area contributed by atoms with Crippen LogP contribution in [0.3, 0.4) is 0 Å². The molecule has 0 saturated heterocycles. The van der Waals surface area contributed by atoms with Gasteiger partial charge < -0.3 is 10.2 Å². The summed E-state index contributed by atoms with van der Waals surface area (Å²) in [5.74, 6) is 1.06. The van der Waals surface area contributed by atoms with Crippen molar-refractivity contribution in [3.05, 3.63) is 71.3 Å². The van der Waals surface area contributed by atoms with Crippen LogP contribution in [0.15, 0.2) is 42.5 Å². The van der Waals surface area contributed by atoms with E-state index < -0.39 is 0 Å². The van der Waals surface area contributed by atoms with Gasteiger partial charge in [-0.2, -0.15) is 5.56 Å². The van der Waals surface area contributed by atoms with Crippen LogP contribution in [0, 0.1) is 6.58 Å². The normalized spacial score (nSPS) is 12.4. The molecule has 2 aromatic rings. The van der Waals surface area contributed by atoms with Crippen molar-refractivity contribution in [2.24, 2.45) is 0 Å². The maximum absolute atomic E-state index is 11.8. The standard InChI is InChI=1S/C19H17O2.H2O.Y/c1-2-14-6-8-15(9-7-14)13-21-17-10-11-18-16(12-17)4-3-5-19(18)20;;/h1-2,6-12H,3-5,13H2;1H2;/q-1;;. The number of carbonyl (C=O) groups excluding carboxylic acids is 1. The number of ether oxygens (including phenoxy) is 1. The van der Waals surface area contributed by atoms with E-state index in [0.29, 0.717) is 13.0 Å². The van der Waals surface area contributed by atoms with Gasteiger partial charge >= 0.3 is 0 Å². The Hall–Kier alpha value is -1.29. The van der Waals surface area contributed by atoms with Gasteiger partial charge in [-0.25, -0.2) is 6.08 Å². The van der Waals surface area contributed by atoms with Crippen LogP contribution in [0.5, 0.6) is 5.75 Å². The van der Waals surface area contributed by atoms with Gasteiger partial charge in [0.1, 0.15) is 12.4 Å². The summed E-state index contributed by atoms with van der Waals surface area (Å²) < 4.78 is 5.81. The van der Waals surface area contributed by atoms with E-state index in [1.807, 2.05) is 42.5 Å². The van der Waals surface area contributed by atoms with Crippen LogP contribution in [-0.4, -0.2) is 11.3 Å². The maximum atomic E-state index is 11.8. The molecule has 1 radical (unpaired) electrons. The van der Waals surface area contributed by atoms with E-state index in [1.165, 1.54) is 0 Å². The van der Waals surface area contributed by atoms with Crippen molar-refractivity contribution in [1.29, 1.82) is 0 Å². The average molecular weight is 384 g/mol. The molecular formula is C19H19O3Y-. The minimum absolute atomic E-state index is 0. The van der Waals surface area contributed by atoms with Crippen molar-refractivity contribution in [3.8, 4) is 5.75 Å². The largest absolute Gasteiger partial charge is 0.489 e. The molecule has 4 heteroatoms. The van der Waals surface area contributed by atoms with Gasteiger partial charge in [0.25, 0.3) is 0 Å². The molecule has 1 aliphatic carbocycles. The molecule has 0 amide bonds. The fourth-order valence-electron chi connectivity index (χ4n) is 2.60. The van der Waals surface area contributed by atoms with E-state index in [2.05, 4.69) is 0 Å². The number of Topliss-reactive ketones (excluding diaryl/α,β-unsaturated/α-hetero) is 1. The number of ketones is 1. The monoisotopic (exact) mass is 384 g/mol. The fourth-order valence-corrected chi connectivity index (χ4v) is 2.60. The van der Waals surface area contributed by atoms with E-state index in [-0.39, 0.29) is 44.0 Å². The van der Waals surface area contributed by atoms with Gasteiger partial charge in [-0.15, -0.1) is 12.1 Å². The topological polar surface area (TPSA) is 57.8 Å². The van der Waals surface area contributed by atoms with Gasteiger partial charge in [0, 0.05) is 44.7 Å². The molecule has 0 bridgehead atoms. The molecule has 0 heterocycles. The first-order valence-corrected chi connectivity index (χ1v) is 7.19. The van der Waals surface area contributed by atoms with Crippen LogP contribution < -0.4 is 4.74 Å². The predicted molar refractivity (Wildman–Crippen MR) is 86.9 cm³/mol. The smallest absolute Gasteiger partial charge is 0.163 e. The molecule has 0 spiro atoms. The first-order chi connectivity index (χ1) is 10.3. The van der Waals surface area contributed by atoms with Crippen LogP contribution in [0.2, 0.25) is 0 Å². The number of hydrogen-bond donors (Lipinski definition) is 0. The van der Waals surface area contributed by atoms with Gasteiger partial charge in [-0.05, 0) is 42.2 Å². The van der Waals surface area contributed by atoms with Gasteiger partial charge in [-0.1, -0.05) is 12.1 Å². The van der Waals surface area contributed by atoms with Crippen LogP contribution in [0.4, 0.5) is 0 Å². The zero-order valence-electron chi connectivity index (χ0n) is 12.9. The van der Waals surface area contributed by atoms with E-state index in [9.17, 15) is 4.79 Å². The quantitative estimate of drug-likeness (QED) is 0.759. The Labute approximate surface area is 161 Å². The Morgan fingerprint density at radius 2 is 1.83 bits per heavy atom. The van der Waals surface area contributed by atoms with Crippen molar-refractivity contribution in [3.63, 3.8) is 0 Å². The number of aryl methyl sites for hydroxylation is 1. The number of hydrogen-bond acceptors (Lipinski definition) is 2. The summed E-state index contributed by atoms with van der Waals surface area (Å²) in [4.78, 5) is 11.8. The van der Waals surface area contributed by atoms with Gasteiger partial charge in [0.15, 0.2) is 5.78 Å². The average Bonchev–Trinajstić information content (AvgIpc) is 2.53. The zero-order chi connectivity index (χ0) is 14.7. The Morgan fingerprint density at radius 1 is 1.09 bits per heavy atom. The van der Waals surface area contributed by atoms with Crippen molar-refractivity contribution in [2.75, 3.05) is 0 Å². The molecule has 117 valence electrons. The van der Waals surface area contributed by atoms with Crippen LogP contribution >= 0.6 is 0 Å². The van der Waals surface area contributed by atoms with Crippen molar-refractivity contribution < 1.29 is 47.7 Å². The number of rotatable bonds is 4. The van der Waals surface area contributed by atoms with Crippen LogP contribution in [0.1, 0.15) is 39.9 Å². The second kappa shape index (κ2) is 9.12. The minimum atomic E-state index is 0. The molecule has 0 atom stereocenters. The second-order valence-electron chi connectivity index (χ2n) is 5.29. The van der Waals surface area contributed by atoms with Gasteiger partial charge in [-0.3, -0.25) is 11.4 Å². The molecule has 3 nitrogen and oxygen atoms in total. The molecule has 2 N–H and O–H groups in total. The molecule has 23 heavy (non-hydrogen) atoms. The molecule has 0 aromatic heterocycles. The second-order valence-corrected chi connectivity index (χ2v) is 5.29. The summed E-state index contributed by atoms with van der Waals surface area (Å²) in [5, 5.41) is 0. The molecule has 1 aliphatic rings. The van der Waals surface area contributed by atoms with E-state index in [4.69, 9.17) is 11.3 Å². The molecular weight excluding hydrogens is 365 g/mol. The summed E-state index contributed by atoms with van der Waals surface area (Å²) in [6.07, 6.45) is 4.13. The zero-order valence-corrected chi connectivity index (χ0v) is 15.8. The molecule has 2 aromatic carbocycles. The van der Waals surface area contributed by atoms with Gasteiger partial charge in [0.05, 0.1) is 0 Å². The summed E-state index contributed by atoms with van der Waals surface area (Å²) in [6, 6.07) is 13.7. The summed E-state index contributed by atoms with van der Waals surface area (Å²) in [5.41, 5.74) is 4.05. The Bertz CT molecular complexity index is 678. The molecule has 0 aliphatic heterocycles. The first-order valence-electron chi connectivity index (χ1n) is 7.19. The molecule has 0 fully saturated rings. The Kier molecular flexibility index (Phi) is 7.83. The van der Waals surface area contributed by atoms with E-state index in [0.717, 1.165) is 40.8 Å².